The highest BCUT2D eigenvalue weighted by molar-refractivity contribution is 6.30. The molecule has 0 radical (unpaired) electrons. The molecular weight excluding hydrogens is 266 g/mol. The number of piperidine rings is 1. The van der Waals surface area contributed by atoms with Gasteiger partial charge >= 0.3 is 0 Å². The van der Waals surface area contributed by atoms with Crippen molar-refractivity contribution in [1.29, 1.82) is 0 Å². The summed E-state index contributed by atoms with van der Waals surface area (Å²) in [5.41, 5.74) is 0.290. The van der Waals surface area contributed by atoms with E-state index in [2.05, 4.69) is 0 Å². The molecule has 19 heavy (non-hydrogen) atoms. The Morgan fingerprint density at radius 2 is 1.89 bits per heavy atom. The normalized spacial score (nSPS) is 29.6. The molecule has 4 nitrogen and oxygen atoms in total. The van der Waals surface area contributed by atoms with E-state index in [0.29, 0.717) is 17.9 Å². The molecule has 2 aliphatic rings. The third-order valence-corrected chi connectivity index (χ3v) is 4.37. The fourth-order valence-corrected chi connectivity index (χ4v) is 3.47. The molecule has 102 valence electrons. The van der Waals surface area contributed by atoms with E-state index >= 15 is 0 Å². The van der Waals surface area contributed by atoms with Gasteiger partial charge in [0.2, 0.25) is 0 Å². The maximum atomic E-state index is 12.5. The fraction of sp³-hybridized carbons (Fsp3) is 0.500. The van der Waals surface area contributed by atoms with Crippen molar-refractivity contribution in [3.05, 3.63) is 28.8 Å². The average molecular weight is 282 g/mol. The first kappa shape index (κ1) is 12.8. The van der Waals surface area contributed by atoms with Crippen molar-refractivity contribution in [2.45, 2.75) is 43.9 Å². The first-order valence-electron chi connectivity index (χ1n) is 6.55. The summed E-state index contributed by atoms with van der Waals surface area (Å²) in [5, 5.41) is 20.0. The lowest BCUT2D eigenvalue weighted by atomic mass is 9.98. The molecule has 5 heteroatoms. The van der Waals surface area contributed by atoms with Crippen LogP contribution in [0.4, 0.5) is 0 Å². The van der Waals surface area contributed by atoms with E-state index in [4.69, 9.17) is 11.6 Å². The number of hydrogen-bond acceptors (Lipinski definition) is 3. The number of rotatable bonds is 1. The summed E-state index contributed by atoms with van der Waals surface area (Å²) < 4.78 is 0. The van der Waals surface area contributed by atoms with Crippen LogP contribution in [0.15, 0.2) is 18.2 Å². The number of phenols is 1. The maximum absolute atomic E-state index is 12.5. The van der Waals surface area contributed by atoms with Crippen LogP contribution in [0.25, 0.3) is 0 Å². The van der Waals surface area contributed by atoms with Crippen molar-refractivity contribution in [3.63, 3.8) is 0 Å². The molecule has 2 fully saturated rings. The number of carbonyl (C=O) groups is 1. The molecule has 2 unspecified atom stereocenters. The van der Waals surface area contributed by atoms with E-state index in [-0.39, 0.29) is 35.4 Å². The highest BCUT2D eigenvalue weighted by Gasteiger charge is 2.43. The number of carbonyl (C=O) groups excluding carboxylic acids is 1. The van der Waals surface area contributed by atoms with Crippen LogP contribution in [0.5, 0.6) is 5.75 Å². The van der Waals surface area contributed by atoms with Gasteiger partial charge in [0.1, 0.15) is 5.75 Å². The number of aromatic hydroxyl groups is 1. The largest absolute Gasteiger partial charge is 0.507 e. The van der Waals surface area contributed by atoms with Crippen molar-refractivity contribution in [1.82, 2.24) is 4.90 Å². The van der Waals surface area contributed by atoms with Crippen molar-refractivity contribution in [3.8, 4) is 5.75 Å². The van der Waals surface area contributed by atoms with E-state index < -0.39 is 0 Å². The minimum absolute atomic E-state index is 0.0805. The second kappa shape index (κ2) is 4.69. The Morgan fingerprint density at radius 3 is 2.47 bits per heavy atom. The van der Waals surface area contributed by atoms with E-state index in [1.165, 1.54) is 6.07 Å². The van der Waals surface area contributed by atoms with Crippen LogP contribution in [-0.2, 0) is 0 Å². The molecule has 2 bridgehead atoms. The van der Waals surface area contributed by atoms with E-state index in [1.54, 1.807) is 12.1 Å². The van der Waals surface area contributed by atoms with Crippen molar-refractivity contribution >= 4 is 17.5 Å². The van der Waals surface area contributed by atoms with Crippen LogP contribution in [0.3, 0.4) is 0 Å². The quantitative estimate of drug-likeness (QED) is 0.829. The zero-order chi connectivity index (χ0) is 13.6. The van der Waals surface area contributed by atoms with E-state index in [1.807, 2.05) is 4.90 Å². The van der Waals surface area contributed by atoms with Gasteiger partial charge in [0.05, 0.1) is 11.7 Å². The third-order valence-electron chi connectivity index (χ3n) is 4.13. The molecule has 2 N–H and O–H groups in total. The highest BCUT2D eigenvalue weighted by Crippen LogP contribution is 2.37. The van der Waals surface area contributed by atoms with Crippen molar-refractivity contribution in [2.24, 2.45) is 0 Å². The smallest absolute Gasteiger partial charge is 0.258 e. The maximum Gasteiger partial charge on any atom is 0.258 e. The molecule has 2 saturated heterocycles. The molecule has 0 aliphatic carbocycles. The Kier molecular flexibility index (Phi) is 3.15. The lowest BCUT2D eigenvalue weighted by molar-refractivity contribution is 0.0285. The Balaban J connectivity index is 1.88. The van der Waals surface area contributed by atoms with Gasteiger partial charge in [0.15, 0.2) is 0 Å². The number of aliphatic hydroxyl groups is 1. The van der Waals surface area contributed by atoms with Gasteiger partial charge in [-0.15, -0.1) is 0 Å². The minimum atomic E-state index is -0.305. The molecule has 2 atom stereocenters. The number of phenolic OH excluding ortho intramolecular Hbond substituents is 1. The van der Waals surface area contributed by atoms with Crippen molar-refractivity contribution in [2.75, 3.05) is 0 Å². The van der Waals surface area contributed by atoms with Gasteiger partial charge in [0, 0.05) is 17.1 Å². The van der Waals surface area contributed by atoms with Gasteiger partial charge in [-0.05, 0) is 43.9 Å². The van der Waals surface area contributed by atoms with Gasteiger partial charge < -0.3 is 15.1 Å². The van der Waals surface area contributed by atoms with Gasteiger partial charge in [0.25, 0.3) is 5.91 Å². The number of halogens is 1. The van der Waals surface area contributed by atoms with E-state index in [0.717, 1.165) is 12.8 Å². The molecule has 0 aromatic heterocycles. The standard InChI is InChI=1S/C14H16ClNO3/c15-8-1-4-12(13(18)5-8)14(19)16-9-2-3-10(16)7-11(17)6-9/h1,4-5,9-11,17-18H,2-3,6-7H2. The van der Waals surface area contributed by atoms with Crippen LogP contribution < -0.4 is 0 Å². The molecule has 3 rings (SSSR count). The van der Waals surface area contributed by atoms with Gasteiger partial charge in [-0.1, -0.05) is 11.6 Å². The predicted molar refractivity (Wildman–Crippen MR) is 71.3 cm³/mol. The van der Waals surface area contributed by atoms with Gasteiger partial charge in [-0.3, -0.25) is 4.79 Å². The molecule has 2 heterocycles. The summed E-state index contributed by atoms with van der Waals surface area (Å²) in [7, 11) is 0. The first-order valence-corrected chi connectivity index (χ1v) is 6.93. The van der Waals surface area contributed by atoms with Crippen molar-refractivity contribution < 1.29 is 15.0 Å². The number of benzene rings is 1. The Hall–Kier alpha value is -1.26. The monoisotopic (exact) mass is 281 g/mol. The number of aliphatic hydroxyl groups excluding tert-OH is 1. The van der Waals surface area contributed by atoms with Gasteiger partial charge in [-0.25, -0.2) is 0 Å². The lowest BCUT2D eigenvalue weighted by Crippen LogP contribution is -2.48. The fourth-order valence-electron chi connectivity index (χ4n) is 3.30. The van der Waals surface area contributed by atoms with Gasteiger partial charge in [-0.2, -0.15) is 0 Å². The zero-order valence-corrected chi connectivity index (χ0v) is 11.2. The minimum Gasteiger partial charge on any atom is -0.507 e. The number of nitrogens with zero attached hydrogens (tertiary/aromatic N) is 1. The topological polar surface area (TPSA) is 60.8 Å². The summed E-state index contributed by atoms with van der Waals surface area (Å²) in [6.07, 6.45) is 2.83. The Bertz CT molecular complexity index is 505. The number of hydrogen-bond donors (Lipinski definition) is 2. The molecular formula is C14H16ClNO3. The Morgan fingerprint density at radius 1 is 1.26 bits per heavy atom. The van der Waals surface area contributed by atoms with Crippen LogP contribution in [0, 0.1) is 0 Å². The van der Waals surface area contributed by atoms with Crippen LogP contribution >= 0.6 is 11.6 Å². The predicted octanol–water partition coefficient (Wildman–Crippen LogP) is 2.17. The van der Waals surface area contributed by atoms with Crippen LogP contribution in [-0.4, -0.2) is 39.2 Å². The molecule has 1 amide bonds. The average Bonchev–Trinajstić information content (AvgIpc) is 2.61. The molecule has 1 aromatic rings. The molecule has 1 aromatic carbocycles. The molecule has 2 aliphatic heterocycles. The SMILES string of the molecule is O=C(c1ccc(Cl)cc1O)N1C2CCC1CC(O)C2. The summed E-state index contributed by atoms with van der Waals surface area (Å²) in [4.78, 5) is 14.4. The summed E-state index contributed by atoms with van der Waals surface area (Å²) in [5.74, 6) is -0.239. The Labute approximate surface area is 116 Å². The van der Waals surface area contributed by atoms with Crippen LogP contribution in [0.1, 0.15) is 36.0 Å². The second-order valence-electron chi connectivity index (χ2n) is 5.38. The first-order chi connectivity index (χ1) is 9.06. The summed E-state index contributed by atoms with van der Waals surface area (Å²) in [6, 6.07) is 4.74. The number of fused-ring (bicyclic) bond motifs is 2. The highest BCUT2D eigenvalue weighted by atomic mass is 35.5. The lowest BCUT2D eigenvalue weighted by Gasteiger charge is -2.37. The third kappa shape index (κ3) is 2.19. The zero-order valence-electron chi connectivity index (χ0n) is 10.4. The number of amides is 1. The van der Waals surface area contributed by atoms with Crippen LogP contribution in [0.2, 0.25) is 5.02 Å². The molecule has 0 spiro atoms. The van der Waals surface area contributed by atoms with E-state index in [9.17, 15) is 15.0 Å². The molecule has 0 saturated carbocycles. The second-order valence-corrected chi connectivity index (χ2v) is 5.82. The summed E-state index contributed by atoms with van der Waals surface area (Å²) >= 11 is 5.78. The summed E-state index contributed by atoms with van der Waals surface area (Å²) in [6.45, 7) is 0.